The zero-order valence-electron chi connectivity index (χ0n) is 11.9. The number of aryl methyl sites for hydroxylation is 2. The maximum absolute atomic E-state index is 6.22. The van der Waals surface area contributed by atoms with Gasteiger partial charge in [0.15, 0.2) is 0 Å². The smallest absolute Gasteiger partial charge is 0.118 e. The number of nitrogens with two attached hydrogens (primary N) is 1. The van der Waals surface area contributed by atoms with E-state index < -0.39 is 0 Å². The van der Waals surface area contributed by atoms with Crippen molar-refractivity contribution in [1.29, 1.82) is 0 Å². The average molecular weight is 255 g/mol. The molecule has 0 amide bonds. The van der Waals surface area contributed by atoms with E-state index in [1.165, 1.54) is 5.56 Å². The molecule has 0 aliphatic heterocycles. The van der Waals surface area contributed by atoms with Crippen LogP contribution in [0.25, 0.3) is 11.1 Å². The summed E-state index contributed by atoms with van der Waals surface area (Å²) in [5, 5.41) is 0. The van der Waals surface area contributed by atoms with E-state index in [1.54, 1.807) is 7.11 Å². The second-order valence-corrected chi connectivity index (χ2v) is 4.85. The van der Waals surface area contributed by atoms with Gasteiger partial charge in [0, 0.05) is 11.3 Å². The summed E-state index contributed by atoms with van der Waals surface area (Å²) in [5.41, 5.74) is 11.8. The van der Waals surface area contributed by atoms with Gasteiger partial charge in [-0.25, -0.2) is 0 Å². The molecule has 0 aliphatic rings. The van der Waals surface area contributed by atoms with E-state index in [1.807, 2.05) is 12.1 Å². The molecule has 2 rings (SSSR count). The third-order valence-electron chi connectivity index (χ3n) is 3.39. The van der Waals surface area contributed by atoms with Crippen LogP contribution in [0.4, 0.5) is 5.69 Å². The fourth-order valence-corrected chi connectivity index (χ4v) is 2.32. The molecule has 0 bridgehead atoms. The summed E-state index contributed by atoms with van der Waals surface area (Å²) in [6.07, 6.45) is 2.23. The first kappa shape index (κ1) is 13.5. The molecule has 0 saturated heterocycles. The Morgan fingerprint density at radius 3 is 2.37 bits per heavy atom. The Balaban J connectivity index is 2.47. The Morgan fingerprint density at radius 1 is 1.11 bits per heavy atom. The van der Waals surface area contributed by atoms with Gasteiger partial charge in [0.2, 0.25) is 0 Å². The fourth-order valence-electron chi connectivity index (χ4n) is 2.32. The highest BCUT2D eigenvalue weighted by atomic mass is 16.5. The molecule has 100 valence electrons. The van der Waals surface area contributed by atoms with Crippen molar-refractivity contribution in [3.05, 3.63) is 47.5 Å². The van der Waals surface area contributed by atoms with Crippen LogP contribution in [-0.4, -0.2) is 7.11 Å². The van der Waals surface area contributed by atoms with Gasteiger partial charge in [-0.2, -0.15) is 0 Å². The van der Waals surface area contributed by atoms with Crippen LogP contribution in [0.1, 0.15) is 24.5 Å². The Morgan fingerprint density at radius 2 is 1.79 bits per heavy atom. The van der Waals surface area contributed by atoms with Crippen molar-refractivity contribution >= 4 is 5.69 Å². The average Bonchev–Trinajstić information content (AvgIpc) is 2.43. The van der Waals surface area contributed by atoms with Crippen molar-refractivity contribution in [3.8, 4) is 16.9 Å². The Hall–Kier alpha value is -1.96. The van der Waals surface area contributed by atoms with Crippen molar-refractivity contribution in [2.24, 2.45) is 0 Å². The molecule has 0 unspecified atom stereocenters. The molecular formula is C17H21NO. The molecular weight excluding hydrogens is 234 g/mol. The number of methoxy groups -OCH3 is 1. The Labute approximate surface area is 115 Å². The lowest BCUT2D eigenvalue weighted by Crippen LogP contribution is -1.97. The first-order valence-corrected chi connectivity index (χ1v) is 6.69. The van der Waals surface area contributed by atoms with Gasteiger partial charge in [-0.05, 0) is 48.2 Å². The van der Waals surface area contributed by atoms with Gasteiger partial charge in [-0.15, -0.1) is 0 Å². The van der Waals surface area contributed by atoms with Crippen LogP contribution < -0.4 is 10.5 Å². The van der Waals surface area contributed by atoms with Crippen LogP contribution in [0.5, 0.6) is 5.75 Å². The zero-order chi connectivity index (χ0) is 13.8. The largest absolute Gasteiger partial charge is 0.497 e. The molecule has 0 fully saturated rings. The minimum atomic E-state index is 0.865. The van der Waals surface area contributed by atoms with Gasteiger partial charge >= 0.3 is 0 Å². The molecule has 2 heteroatoms. The number of rotatable bonds is 4. The van der Waals surface area contributed by atoms with E-state index in [9.17, 15) is 0 Å². The Kier molecular flexibility index (Phi) is 4.10. The summed E-state index contributed by atoms with van der Waals surface area (Å²) in [6.45, 7) is 4.26. The quantitative estimate of drug-likeness (QED) is 0.831. The number of anilines is 1. The lowest BCUT2D eigenvalue weighted by Gasteiger charge is -2.12. The molecule has 2 aromatic carbocycles. The van der Waals surface area contributed by atoms with Crippen molar-refractivity contribution in [2.75, 3.05) is 12.8 Å². The second kappa shape index (κ2) is 5.79. The van der Waals surface area contributed by atoms with E-state index in [4.69, 9.17) is 10.5 Å². The van der Waals surface area contributed by atoms with Gasteiger partial charge in [0.05, 0.1) is 7.11 Å². The van der Waals surface area contributed by atoms with E-state index in [-0.39, 0.29) is 0 Å². The summed E-state index contributed by atoms with van der Waals surface area (Å²) in [6, 6.07) is 12.4. The third kappa shape index (κ3) is 2.90. The summed E-state index contributed by atoms with van der Waals surface area (Å²) in [4.78, 5) is 0. The monoisotopic (exact) mass is 255 g/mol. The number of hydrogen-bond donors (Lipinski definition) is 1. The summed E-state index contributed by atoms with van der Waals surface area (Å²) in [5.74, 6) is 0.865. The minimum Gasteiger partial charge on any atom is -0.497 e. The fraction of sp³-hybridized carbons (Fsp3) is 0.294. The number of hydrogen-bond acceptors (Lipinski definition) is 2. The number of nitrogen functional groups attached to an aromatic ring is 1. The molecule has 0 radical (unpaired) electrons. The minimum absolute atomic E-state index is 0.865. The molecule has 19 heavy (non-hydrogen) atoms. The van der Waals surface area contributed by atoms with Gasteiger partial charge in [-0.3, -0.25) is 0 Å². The van der Waals surface area contributed by atoms with E-state index in [0.717, 1.165) is 41.0 Å². The van der Waals surface area contributed by atoms with Crippen LogP contribution in [0.15, 0.2) is 36.4 Å². The van der Waals surface area contributed by atoms with Gasteiger partial charge in [0.1, 0.15) is 5.75 Å². The summed E-state index contributed by atoms with van der Waals surface area (Å²) >= 11 is 0. The maximum atomic E-state index is 6.22. The van der Waals surface area contributed by atoms with Crippen LogP contribution in [0.3, 0.4) is 0 Å². The predicted octanol–water partition coefficient (Wildman–Crippen LogP) is 4.21. The first-order valence-electron chi connectivity index (χ1n) is 6.69. The molecule has 0 atom stereocenters. The Bertz CT molecular complexity index is 558. The number of benzene rings is 2. The molecule has 0 saturated carbocycles. The lowest BCUT2D eigenvalue weighted by molar-refractivity contribution is 0.415. The standard InChI is InChI=1S/C17H21NO/c1-4-5-13-10-12(2)17(18)16(11-13)14-6-8-15(19-3)9-7-14/h6-11H,4-5,18H2,1-3H3. The van der Waals surface area contributed by atoms with Crippen molar-refractivity contribution in [1.82, 2.24) is 0 Å². The van der Waals surface area contributed by atoms with Crippen LogP contribution in [0.2, 0.25) is 0 Å². The first-order chi connectivity index (χ1) is 9.15. The molecule has 0 aliphatic carbocycles. The van der Waals surface area contributed by atoms with Crippen molar-refractivity contribution in [3.63, 3.8) is 0 Å². The van der Waals surface area contributed by atoms with E-state index in [2.05, 4.69) is 38.1 Å². The van der Waals surface area contributed by atoms with E-state index >= 15 is 0 Å². The lowest BCUT2D eigenvalue weighted by atomic mass is 9.96. The van der Waals surface area contributed by atoms with Gasteiger partial charge < -0.3 is 10.5 Å². The summed E-state index contributed by atoms with van der Waals surface area (Å²) < 4.78 is 5.19. The van der Waals surface area contributed by atoms with Crippen LogP contribution in [-0.2, 0) is 6.42 Å². The predicted molar refractivity (Wildman–Crippen MR) is 81.6 cm³/mol. The number of ether oxygens (including phenoxy) is 1. The molecule has 2 N–H and O–H groups in total. The molecule has 0 spiro atoms. The highest BCUT2D eigenvalue weighted by Crippen LogP contribution is 2.31. The maximum Gasteiger partial charge on any atom is 0.118 e. The highest BCUT2D eigenvalue weighted by Gasteiger charge is 2.07. The SMILES string of the molecule is CCCc1cc(C)c(N)c(-c2ccc(OC)cc2)c1. The highest BCUT2D eigenvalue weighted by molar-refractivity contribution is 5.79. The van der Waals surface area contributed by atoms with Gasteiger partial charge in [-0.1, -0.05) is 31.5 Å². The van der Waals surface area contributed by atoms with Crippen molar-refractivity contribution < 1.29 is 4.74 Å². The molecule has 0 aromatic heterocycles. The normalized spacial score (nSPS) is 10.5. The second-order valence-electron chi connectivity index (χ2n) is 4.85. The summed E-state index contributed by atoms with van der Waals surface area (Å²) in [7, 11) is 1.68. The zero-order valence-corrected chi connectivity index (χ0v) is 11.9. The molecule has 2 aromatic rings. The third-order valence-corrected chi connectivity index (χ3v) is 3.39. The molecule has 0 heterocycles. The topological polar surface area (TPSA) is 35.2 Å². The van der Waals surface area contributed by atoms with Crippen LogP contribution in [0, 0.1) is 6.92 Å². The van der Waals surface area contributed by atoms with E-state index in [0.29, 0.717) is 0 Å². The van der Waals surface area contributed by atoms with Crippen LogP contribution >= 0.6 is 0 Å². The van der Waals surface area contributed by atoms with Gasteiger partial charge in [0.25, 0.3) is 0 Å². The van der Waals surface area contributed by atoms with Crippen molar-refractivity contribution in [2.45, 2.75) is 26.7 Å². The molecule has 2 nitrogen and oxygen atoms in total.